The number of hydrogen-bond acceptors (Lipinski definition) is 9. The van der Waals surface area contributed by atoms with E-state index in [1.54, 1.807) is 32.2 Å². The van der Waals surface area contributed by atoms with Crippen molar-refractivity contribution >= 4 is 35.3 Å². The molecule has 0 aromatic heterocycles. The molecule has 3 aliphatic rings. The van der Waals surface area contributed by atoms with Crippen molar-refractivity contribution in [2.75, 3.05) is 26.2 Å². The van der Waals surface area contributed by atoms with Crippen LogP contribution in [0.15, 0.2) is 35.9 Å². The molecule has 1 aromatic carbocycles. The summed E-state index contributed by atoms with van der Waals surface area (Å²) < 4.78 is 28.4. The minimum absolute atomic E-state index is 0.00538. The summed E-state index contributed by atoms with van der Waals surface area (Å²) in [5.41, 5.74) is -0.570. The Bertz CT molecular complexity index is 1300. The highest BCUT2D eigenvalue weighted by molar-refractivity contribution is 6.35. The summed E-state index contributed by atoms with van der Waals surface area (Å²) in [6.07, 6.45) is 1.67. The van der Waals surface area contributed by atoms with Crippen molar-refractivity contribution in [2.24, 2.45) is 5.92 Å². The number of fused-ring (bicyclic) bond motifs is 5. The standard InChI is InChI=1S/C30H39ClN2O9/c1-16-9-8-10-23(39-7)30(37)15-22(41-28(36)32-30)17(2)27-29(4,42-27)24(40-18(3)34)14-25(35)33(5)20-12-19(11-16)13-21(38-6)26(20)31/h8-10,12-13,17,22-24,27,37H,11,14-15H2,1-7H3,(H,32,36)/b10-8+,16-9-/t17-,22?,23-,24+,27?,29?,30+/m1/s1. The van der Waals surface area contributed by atoms with Crippen molar-refractivity contribution in [3.63, 3.8) is 0 Å². The molecule has 0 radical (unpaired) electrons. The minimum Gasteiger partial charge on any atom is -0.495 e. The van der Waals surface area contributed by atoms with Gasteiger partial charge in [0.2, 0.25) is 5.91 Å². The number of methoxy groups -OCH3 is 2. The molecule has 3 unspecified atom stereocenters. The van der Waals surface area contributed by atoms with Gasteiger partial charge in [-0.2, -0.15) is 0 Å². The van der Waals surface area contributed by atoms with Crippen LogP contribution in [0.5, 0.6) is 5.75 Å². The van der Waals surface area contributed by atoms with Crippen LogP contribution in [-0.4, -0.2) is 80.1 Å². The minimum atomic E-state index is -1.76. The van der Waals surface area contributed by atoms with E-state index in [1.165, 1.54) is 26.0 Å². The number of hydrogen-bond donors (Lipinski definition) is 2. The first-order chi connectivity index (χ1) is 19.7. The fraction of sp³-hybridized carbons (Fsp3) is 0.567. The second-order valence-electron chi connectivity index (χ2n) is 11.4. The third-order valence-electron chi connectivity index (χ3n) is 8.26. The second kappa shape index (κ2) is 12.2. The number of anilines is 1. The van der Waals surface area contributed by atoms with Crippen LogP contribution in [-0.2, 0) is 35.0 Å². The van der Waals surface area contributed by atoms with Crippen molar-refractivity contribution in [2.45, 2.75) is 82.7 Å². The first kappa shape index (κ1) is 31.8. The molecule has 11 nitrogen and oxygen atoms in total. The molecule has 0 spiro atoms. The van der Waals surface area contributed by atoms with Gasteiger partial charge in [0.25, 0.3) is 0 Å². The summed E-state index contributed by atoms with van der Waals surface area (Å²) >= 11 is 6.64. The van der Waals surface area contributed by atoms with Crippen LogP contribution in [0.3, 0.4) is 0 Å². The fourth-order valence-corrected chi connectivity index (χ4v) is 6.12. The summed E-state index contributed by atoms with van der Waals surface area (Å²) in [7, 11) is 4.54. The Balaban J connectivity index is 1.79. The van der Waals surface area contributed by atoms with Crippen molar-refractivity contribution in [1.82, 2.24) is 5.32 Å². The number of carbonyl (C=O) groups is 3. The average Bonchev–Trinajstić information content (AvgIpc) is 3.61. The first-order valence-electron chi connectivity index (χ1n) is 13.8. The lowest BCUT2D eigenvalue weighted by atomic mass is 9.83. The first-order valence-corrected chi connectivity index (χ1v) is 14.2. The topological polar surface area (TPSA) is 136 Å². The number of carbonyl (C=O) groups excluding carboxylic acids is 3. The molecule has 12 heteroatoms. The zero-order chi connectivity index (χ0) is 31.0. The highest BCUT2D eigenvalue weighted by Crippen LogP contribution is 2.49. The number of amides is 2. The number of nitrogens with zero attached hydrogens (tertiary/aromatic N) is 1. The number of esters is 1. The van der Waals surface area contributed by atoms with E-state index < -0.39 is 53.7 Å². The van der Waals surface area contributed by atoms with Gasteiger partial charge in [0.05, 0.1) is 25.3 Å². The molecular formula is C30H39ClN2O9. The predicted molar refractivity (Wildman–Crippen MR) is 154 cm³/mol. The molecule has 2 amide bonds. The van der Waals surface area contributed by atoms with Gasteiger partial charge in [0.1, 0.15) is 34.7 Å². The second-order valence-corrected chi connectivity index (χ2v) is 11.8. The van der Waals surface area contributed by atoms with E-state index in [0.717, 1.165) is 11.1 Å². The molecule has 230 valence electrons. The van der Waals surface area contributed by atoms with Gasteiger partial charge in [0.15, 0.2) is 5.72 Å². The van der Waals surface area contributed by atoms with Gasteiger partial charge in [-0.1, -0.05) is 42.3 Å². The van der Waals surface area contributed by atoms with Gasteiger partial charge in [-0.3, -0.25) is 14.9 Å². The van der Waals surface area contributed by atoms with E-state index in [0.29, 0.717) is 17.9 Å². The van der Waals surface area contributed by atoms with Crippen molar-refractivity contribution in [1.29, 1.82) is 0 Å². The molecule has 4 bridgehead atoms. The Morgan fingerprint density at radius 1 is 1.26 bits per heavy atom. The molecule has 7 atom stereocenters. The van der Waals surface area contributed by atoms with Crippen LogP contribution >= 0.6 is 11.6 Å². The van der Waals surface area contributed by atoms with Crippen LogP contribution in [0.2, 0.25) is 5.02 Å². The highest BCUT2D eigenvalue weighted by atomic mass is 35.5. The van der Waals surface area contributed by atoms with Gasteiger partial charge in [0, 0.05) is 33.4 Å². The summed E-state index contributed by atoms with van der Waals surface area (Å²) in [5, 5.41) is 14.3. The van der Waals surface area contributed by atoms with Crippen LogP contribution in [0.1, 0.15) is 46.1 Å². The number of nitrogens with one attached hydrogen (secondary N) is 1. The highest BCUT2D eigenvalue weighted by Gasteiger charge is 2.64. The quantitative estimate of drug-likeness (QED) is 0.390. The lowest BCUT2D eigenvalue weighted by molar-refractivity contribution is -0.151. The molecule has 3 heterocycles. The smallest absolute Gasteiger partial charge is 0.409 e. The van der Waals surface area contributed by atoms with Crippen LogP contribution in [0.4, 0.5) is 10.5 Å². The molecule has 4 rings (SSSR count). The number of aliphatic hydroxyl groups is 1. The predicted octanol–water partition coefficient (Wildman–Crippen LogP) is 3.69. The third-order valence-corrected chi connectivity index (χ3v) is 8.64. The summed E-state index contributed by atoms with van der Waals surface area (Å²) in [5.74, 6) is -0.951. The fourth-order valence-electron chi connectivity index (χ4n) is 5.81. The Kier molecular flexibility index (Phi) is 9.27. The number of allylic oxidation sites excluding steroid dienone is 3. The largest absolute Gasteiger partial charge is 0.495 e. The average molecular weight is 607 g/mol. The number of epoxide rings is 1. The molecule has 1 aromatic rings. The molecule has 2 saturated heterocycles. The lowest BCUT2D eigenvalue weighted by Gasteiger charge is -2.42. The monoisotopic (exact) mass is 606 g/mol. The van der Waals surface area contributed by atoms with E-state index in [2.05, 4.69) is 5.32 Å². The van der Waals surface area contributed by atoms with E-state index >= 15 is 0 Å². The zero-order valence-corrected chi connectivity index (χ0v) is 25.7. The zero-order valence-electron chi connectivity index (χ0n) is 24.9. The summed E-state index contributed by atoms with van der Waals surface area (Å²) in [4.78, 5) is 39.7. The van der Waals surface area contributed by atoms with Crippen LogP contribution in [0.25, 0.3) is 0 Å². The number of rotatable bonds is 3. The third kappa shape index (κ3) is 6.44. The van der Waals surface area contributed by atoms with E-state index in [-0.39, 0.29) is 23.8 Å². The van der Waals surface area contributed by atoms with Crippen LogP contribution < -0.4 is 15.0 Å². The van der Waals surface area contributed by atoms with Crippen LogP contribution in [0, 0.1) is 5.92 Å². The Morgan fingerprint density at radius 2 is 1.98 bits per heavy atom. The summed E-state index contributed by atoms with van der Waals surface area (Å²) in [6.45, 7) is 6.77. The molecule has 42 heavy (non-hydrogen) atoms. The van der Waals surface area contributed by atoms with Gasteiger partial charge >= 0.3 is 12.1 Å². The Labute approximate surface area is 250 Å². The molecule has 0 saturated carbocycles. The van der Waals surface area contributed by atoms with E-state index in [4.69, 9.17) is 35.3 Å². The maximum atomic E-state index is 13.6. The lowest BCUT2D eigenvalue weighted by Crippen LogP contribution is -2.63. The van der Waals surface area contributed by atoms with Gasteiger partial charge in [-0.15, -0.1) is 0 Å². The van der Waals surface area contributed by atoms with Crippen molar-refractivity contribution in [3.8, 4) is 5.75 Å². The number of ether oxygens (including phenoxy) is 5. The molecule has 3 aliphatic heterocycles. The van der Waals surface area contributed by atoms with E-state index in [1.807, 2.05) is 26.0 Å². The molecular weight excluding hydrogens is 568 g/mol. The Hall–Kier alpha value is -3.12. The normalized spacial score (nSPS) is 35.6. The Morgan fingerprint density at radius 3 is 2.62 bits per heavy atom. The van der Waals surface area contributed by atoms with Gasteiger partial charge in [-0.05, 0) is 38.0 Å². The number of alkyl carbamates (subject to hydrolysis) is 1. The van der Waals surface area contributed by atoms with E-state index in [9.17, 15) is 19.5 Å². The van der Waals surface area contributed by atoms with Gasteiger partial charge in [-0.25, -0.2) is 4.79 Å². The maximum absolute atomic E-state index is 13.6. The molecule has 0 aliphatic carbocycles. The maximum Gasteiger partial charge on any atom is 0.409 e. The summed E-state index contributed by atoms with van der Waals surface area (Å²) in [6, 6.07) is 3.62. The number of benzene rings is 1. The molecule has 2 fully saturated rings. The SMILES string of the molecule is COc1cc2cc(c1Cl)N(C)C(=O)C[C@H](OC(C)=O)C1(C)OC1[C@H](C)C1C[C@@](O)(NC(=O)O1)[C@H](OC)/C=C/C=C(/C)C2. The number of halogens is 1. The molecule has 2 N–H and O–H groups in total. The van der Waals surface area contributed by atoms with Crippen molar-refractivity contribution in [3.05, 3.63) is 46.5 Å². The van der Waals surface area contributed by atoms with Crippen molar-refractivity contribution < 1.29 is 43.2 Å². The van der Waals surface area contributed by atoms with Gasteiger partial charge < -0.3 is 33.7 Å².